The molecule has 6 heavy (non-hydrogen) atoms. The third-order valence-electron chi connectivity index (χ3n) is 0. The number of hydrogen-bond acceptors (Lipinski definition) is 0. The molecular formula is H3AlCaF3Na. The number of hydrogen-bond donors (Lipinski definition) is 0. The van der Waals surface area contributed by atoms with Gasteiger partial charge in [0.15, 0.2) is 0 Å². The zero-order valence-electron chi connectivity index (χ0n) is 1.71. The van der Waals surface area contributed by atoms with Gasteiger partial charge in [-0.1, -0.05) is 0 Å². The Labute approximate surface area is 91.6 Å². The van der Waals surface area contributed by atoms with Crippen LogP contribution in [0, 0.1) is 0 Å². The van der Waals surface area contributed by atoms with Gasteiger partial charge in [-0.25, -0.2) is 0 Å². The molecule has 0 spiro atoms. The van der Waals surface area contributed by atoms with Gasteiger partial charge in [0.25, 0.3) is 0 Å². The molecule has 0 aromatic rings. The van der Waals surface area contributed by atoms with E-state index in [9.17, 15) is 10.6 Å². The summed E-state index contributed by atoms with van der Waals surface area (Å²) in [5.74, 6) is 0. The quantitative estimate of drug-likeness (QED) is 0.401. The van der Waals surface area contributed by atoms with Gasteiger partial charge >= 0.3 is 82.8 Å². The van der Waals surface area contributed by atoms with Crippen LogP contribution in [0.25, 0.3) is 0 Å². The van der Waals surface area contributed by atoms with Crippen molar-refractivity contribution in [3.63, 3.8) is 0 Å². The van der Waals surface area contributed by atoms with E-state index in [0.717, 1.165) is 0 Å². The van der Waals surface area contributed by atoms with E-state index in [0.29, 0.717) is 0 Å². The van der Waals surface area contributed by atoms with Crippen molar-refractivity contribution in [2.24, 2.45) is 0 Å². The van der Waals surface area contributed by atoms with Gasteiger partial charge in [-0.2, -0.15) is 0 Å². The van der Waals surface area contributed by atoms with Crippen molar-refractivity contribution in [2.75, 3.05) is 0 Å². The average Bonchev–Trinajstić information content (AvgIpc) is 0.811. The molecule has 0 bridgehead atoms. The zero-order chi connectivity index (χ0) is 3.58. The molecule has 0 nitrogen and oxygen atoms in total. The predicted molar refractivity (Wildman–Crippen MR) is 24.8 cm³/mol. The van der Waals surface area contributed by atoms with Crippen LogP contribution < -0.4 is 0 Å². The number of halogens is 3. The summed E-state index contributed by atoms with van der Waals surface area (Å²) in [4.78, 5) is 0. The summed E-state index contributed by atoms with van der Waals surface area (Å²) in [5, 5.41) is 0. The molecule has 0 heterocycles. The Morgan fingerprint density at radius 3 is 1.00 bits per heavy atom. The molecule has 0 saturated carbocycles. The van der Waals surface area contributed by atoms with E-state index in [2.05, 4.69) is 0 Å². The average molecular weight is 150 g/mol. The van der Waals surface area contributed by atoms with E-state index in [-0.39, 0.29) is 67.3 Å². The van der Waals surface area contributed by atoms with Crippen LogP contribution in [-0.2, 0) is 0 Å². The Morgan fingerprint density at radius 2 is 1.00 bits per heavy atom. The van der Waals surface area contributed by atoms with Gasteiger partial charge in [-0.05, 0) is 0 Å². The fraction of sp³-hybridized carbons (Fsp3) is 0. The van der Waals surface area contributed by atoms with Crippen LogP contribution >= 0.6 is 0 Å². The van der Waals surface area contributed by atoms with Crippen molar-refractivity contribution >= 4 is 82.8 Å². The minimum absolute atomic E-state index is 0. The molecule has 0 atom stereocenters. The number of rotatable bonds is 0. The van der Waals surface area contributed by atoms with Gasteiger partial charge in [0.1, 0.15) is 0 Å². The Bertz CT molecular complexity index is 15.5. The molecular weight excluding hydrogens is 147 g/mol. The predicted octanol–water partition coefficient (Wildman–Crippen LogP) is -0.685. The maximum atomic E-state index is 9.81. The van der Waals surface area contributed by atoms with Gasteiger partial charge in [0.05, 0.1) is 0 Å². The molecule has 6 heteroatoms. The third kappa shape index (κ3) is 30.8. The fourth-order valence-corrected chi connectivity index (χ4v) is 0. The summed E-state index contributed by atoms with van der Waals surface area (Å²) in [6, 6.07) is 0. The van der Waals surface area contributed by atoms with Crippen LogP contribution in [0.1, 0.15) is 0 Å². The van der Waals surface area contributed by atoms with E-state index >= 15 is 0 Å². The van der Waals surface area contributed by atoms with Crippen molar-refractivity contribution in [1.29, 1.82) is 0 Å². The summed E-state index contributed by atoms with van der Waals surface area (Å²) in [6.45, 7) is 0. The minimum atomic E-state index is -4.64. The maximum absolute atomic E-state index is 9.81. The molecule has 0 amide bonds. The van der Waals surface area contributed by atoms with Crippen LogP contribution in [0.3, 0.4) is 0 Å². The van der Waals surface area contributed by atoms with Gasteiger partial charge in [0.2, 0.25) is 0 Å². The van der Waals surface area contributed by atoms with Crippen LogP contribution in [0.5, 0.6) is 0 Å². The second-order valence-corrected chi connectivity index (χ2v) is 0.742. The molecule has 0 aromatic carbocycles. The zero-order valence-corrected chi connectivity index (χ0v) is 2.87. The van der Waals surface area contributed by atoms with Gasteiger partial charge in [-0.15, -0.1) is 0 Å². The molecule has 0 radical (unpaired) electrons. The van der Waals surface area contributed by atoms with Gasteiger partial charge in [-0.3, -0.25) is 0 Å². The molecule has 0 saturated heterocycles. The van der Waals surface area contributed by atoms with Gasteiger partial charge < -0.3 is 10.6 Å². The molecule has 0 fully saturated rings. The first kappa shape index (κ1) is 15.8. The molecule has 0 rings (SSSR count). The summed E-state index contributed by atoms with van der Waals surface area (Å²) < 4.78 is 29.4. The Hall–Kier alpha value is 2.58. The van der Waals surface area contributed by atoms with Crippen LogP contribution in [0.15, 0.2) is 0 Å². The van der Waals surface area contributed by atoms with E-state index in [1.165, 1.54) is 0 Å². The molecule has 0 aliphatic carbocycles. The summed E-state index contributed by atoms with van der Waals surface area (Å²) in [7, 11) is 0. The summed E-state index contributed by atoms with van der Waals surface area (Å²) in [5.41, 5.74) is 0. The monoisotopic (exact) mass is 150 g/mol. The molecule has 0 aliphatic rings. The molecule has 0 N–H and O–H groups in total. The molecule has 0 aromatic heterocycles. The summed E-state index contributed by atoms with van der Waals surface area (Å²) in [6.07, 6.45) is 0. The Morgan fingerprint density at radius 1 is 1.00 bits per heavy atom. The second kappa shape index (κ2) is 10.5. The van der Waals surface area contributed by atoms with Crippen molar-refractivity contribution in [2.45, 2.75) is 0 Å². The van der Waals surface area contributed by atoms with Crippen LogP contribution in [0.2, 0.25) is 0 Å². The van der Waals surface area contributed by atoms with Crippen molar-refractivity contribution < 1.29 is 10.6 Å². The van der Waals surface area contributed by atoms with E-state index in [1.807, 2.05) is 0 Å². The van der Waals surface area contributed by atoms with Crippen LogP contribution in [-0.4, -0.2) is 82.8 Å². The SMILES string of the molecule is [CaH2].[F][Al]([F])[F].[NaH]. The van der Waals surface area contributed by atoms with Crippen molar-refractivity contribution in [3.8, 4) is 0 Å². The second-order valence-electron chi connectivity index (χ2n) is 0.247. The normalized spacial score (nSPS) is 4.50. The standard InChI is InChI=1S/Al.Ca.3FH.Na.3H/h;;3*1H;;;;/q+3;;;;;;;;/p-3. The third-order valence-corrected chi connectivity index (χ3v) is 0. The van der Waals surface area contributed by atoms with Crippen molar-refractivity contribution in [3.05, 3.63) is 0 Å². The topological polar surface area (TPSA) is 0 Å². The molecule has 0 aliphatic heterocycles. The van der Waals surface area contributed by atoms with E-state index in [1.54, 1.807) is 0 Å². The fourth-order valence-electron chi connectivity index (χ4n) is 0. The van der Waals surface area contributed by atoms with Crippen LogP contribution in [0.4, 0.5) is 10.6 Å². The molecule has 0 unspecified atom stereocenters. The Balaban J connectivity index is -0.0000000450. The first-order valence-electron chi connectivity index (χ1n) is 0.655. The summed E-state index contributed by atoms with van der Waals surface area (Å²) >= 11 is -4.64. The van der Waals surface area contributed by atoms with Crippen molar-refractivity contribution in [1.82, 2.24) is 0 Å². The first-order chi connectivity index (χ1) is 1.73. The van der Waals surface area contributed by atoms with E-state index < -0.39 is 15.5 Å². The molecule has 30 valence electrons. The Kier molecular flexibility index (Phi) is 27.8. The van der Waals surface area contributed by atoms with E-state index in [4.69, 9.17) is 0 Å². The van der Waals surface area contributed by atoms with Gasteiger partial charge in [0, 0.05) is 0 Å². The first-order valence-corrected chi connectivity index (χ1v) is 1.96.